The average Bonchev–Trinajstić information content (AvgIpc) is 2.63. The number of halogens is 1. The molecule has 1 aliphatic heterocycles. The van der Waals surface area contributed by atoms with Crippen LogP contribution in [0.2, 0.25) is 0 Å². The van der Waals surface area contributed by atoms with Crippen molar-refractivity contribution in [1.82, 2.24) is 4.90 Å². The maximum absolute atomic E-state index is 13.3. The van der Waals surface area contributed by atoms with E-state index >= 15 is 0 Å². The summed E-state index contributed by atoms with van der Waals surface area (Å²) in [7, 11) is 4.13. The molecule has 0 saturated carbocycles. The van der Waals surface area contributed by atoms with Gasteiger partial charge in [-0.15, -0.1) is 11.8 Å². The monoisotopic (exact) mass is 283 g/mol. The van der Waals surface area contributed by atoms with Crippen molar-refractivity contribution in [2.24, 2.45) is 0 Å². The molecule has 0 aliphatic carbocycles. The van der Waals surface area contributed by atoms with Gasteiger partial charge in [-0.05, 0) is 24.6 Å². The molecule has 0 unspecified atom stereocenters. The van der Waals surface area contributed by atoms with E-state index in [4.69, 9.17) is 0 Å². The Hall–Kier alpha value is -1.07. The van der Waals surface area contributed by atoms with Crippen LogP contribution in [0.4, 0.5) is 4.39 Å². The second-order valence-electron chi connectivity index (χ2n) is 5.17. The molecule has 1 aliphatic rings. The van der Waals surface area contributed by atoms with Gasteiger partial charge in [-0.2, -0.15) is 0 Å². The van der Waals surface area contributed by atoms with Gasteiger partial charge in [-0.3, -0.25) is 4.79 Å². The van der Waals surface area contributed by atoms with Crippen molar-refractivity contribution in [3.05, 3.63) is 35.6 Å². The molecule has 1 aromatic rings. The van der Waals surface area contributed by atoms with Crippen LogP contribution in [0.15, 0.2) is 24.3 Å². The first-order valence-electron chi connectivity index (χ1n) is 6.49. The summed E-state index contributed by atoms with van der Waals surface area (Å²) in [5, 5.41) is -0.108. The normalized spacial score (nSPS) is 23.4. The van der Waals surface area contributed by atoms with Gasteiger partial charge in [0.15, 0.2) is 0 Å². The molecule has 0 aromatic heterocycles. The number of likely N-dealkylation sites (N-methyl/N-ethyl adjacent to an activating group) is 1. The highest BCUT2D eigenvalue weighted by molar-refractivity contribution is 8.01. The largest absolute Gasteiger partial charge is 0.338 e. The van der Waals surface area contributed by atoms with Crippen LogP contribution < -0.4 is 4.90 Å². The lowest BCUT2D eigenvalue weighted by Crippen LogP contribution is -3.06. The average molecular weight is 283 g/mol. The zero-order valence-electron chi connectivity index (χ0n) is 11.5. The van der Waals surface area contributed by atoms with E-state index in [1.807, 2.05) is 17.9 Å². The third kappa shape index (κ3) is 3.28. The fraction of sp³-hybridized carbons (Fsp3) is 0.500. The van der Waals surface area contributed by atoms with Gasteiger partial charge < -0.3 is 9.80 Å². The van der Waals surface area contributed by atoms with Crippen LogP contribution in [0.25, 0.3) is 0 Å². The van der Waals surface area contributed by atoms with E-state index in [1.165, 1.54) is 17.0 Å². The van der Waals surface area contributed by atoms with Crippen LogP contribution in [0, 0.1) is 5.82 Å². The van der Waals surface area contributed by atoms with E-state index in [-0.39, 0.29) is 22.3 Å². The van der Waals surface area contributed by atoms with E-state index in [1.54, 1.807) is 17.8 Å². The summed E-state index contributed by atoms with van der Waals surface area (Å²) >= 11 is 1.60. The number of benzene rings is 1. The molecule has 0 radical (unpaired) electrons. The number of nitrogens with zero attached hydrogens (tertiary/aromatic N) is 1. The molecule has 5 heteroatoms. The number of hydrogen-bond acceptors (Lipinski definition) is 2. The first-order valence-corrected chi connectivity index (χ1v) is 7.43. The summed E-state index contributed by atoms with van der Waals surface area (Å²) in [6.45, 7) is 3.52. The molecule has 1 fully saturated rings. The van der Waals surface area contributed by atoms with Crippen LogP contribution in [0.3, 0.4) is 0 Å². The Balaban J connectivity index is 2.19. The van der Waals surface area contributed by atoms with Gasteiger partial charge in [-0.1, -0.05) is 12.1 Å². The topological polar surface area (TPSA) is 24.8 Å². The summed E-state index contributed by atoms with van der Waals surface area (Å²) in [4.78, 5) is 15.4. The summed E-state index contributed by atoms with van der Waals surface area (Å²) in [5.41, 5.74) is 0.872. The highest BCUT2D eigenvalue weighted by atomic mass is 32.2. The fourth-order valence-corrected chi connectivity index (χ4v) is 3.46. The molecule has 1 amide bonds. The Morgan fingerprint density at radius 3 is 2.79 bits per heavy atom. The lowest BCUT2D eigenvalue weighted by molar-refractivity contribution is -0.857. The molecule has 104 valence electrons. The standard InChI is InChI=1S/C14H19FN2OS/c1-10-13(18)17(8-7-16(2)3)14(19-10)11-5-4-6-12(15)9-11/h4-6,9-10,14H,7-8H2,1-3H3/p+1/t10-,14-/m0/s1. The van der Waals surface area contributed by atoms with Gasteiger partial charge in [0.25, 0.3) is 0 Å². The van der Waals surface area contributed by atoms with Crippen LogP contribution >= 0.6 is 11.8 Å². The molecule has 1 aromatic carbocycles. The number of hydrogen-bond donors (Lipinski definition) is 1. The first kappa shape index (κ1) is 14.3. The second-order valence-corrected chi connectivity index (χ2v) is 6.60. The quantitative estimate of drug-likeness (QED) is 0.889. The molecular formula is C14H20FN2OS+. The molecule has 0 bridgehead atoms. The molecule has 1 N–H and O–H groups in total. The van der Waals surface area contributed by atoms with Gasteiger partial charge in [0, 0.05) is 0 Å². The third-order valence-electron chi connectivity index (χ3n) is 3.23. The molecule has 2 rings (SSSR count). The third-order valence-corrected chi connectivity index (χ3v) is 4.63. The number of thioether (sulfide) groups is 1. The van der Waals surface area contributed by atoms with Crippen LogP contribution in [0.5, 0.6) is 0 Å². The van der Waals surface area contributed by atoms with Crippen LogP contribution in [0.1, 0.15) is 17.9 Å². The smallest absolute Gasteiger partial charge is 0.236 e. The van der Waals surface area contributed by atoms with Crippen molar-refractivity contribution < 1.29 is 14.1 Å². The van der Waals surface area contributed by atoms with Crippen molar-refractivity contribution in [2.75, 3.05) is 27.2 Å². The Morgan fingerprint density at radius 2 is 2.16 bits per heavy atom. The van der Waals surface area contributed by atoms with Crippen LogP contribution in [-0.4, -0.2) is 43.2 Å². The van der Waals surface area contributed by atoms with E-state index in [2.05, 4.69) is 14.1 Å². The number of carbonyl (C=O) groups is 1. The zero-order valence-corrected chi connectivity index (χ0v) is 12.3. The lowest BCUT2D eigenvalue weighted by Gasteiger charge is -2.24. The van der Waals surface area contributed by atoms with E-state index in [0.29, 0.717) is 6.54 Å². The first-order chi connectivity index (χ1) is 8.99. The second kappa shape index (κ2) is 5.92. The van der Waals surface area contributed by atoms with Gasteiger partial charge in [0.2, 0.25) is 5.91 Å². The number of carbonyl (C=O) groups excluding carboxylic acids is 1. The lowest BCUT2D eigenvalue weighted by atomic mass is 10.2. The van der Waals surface area contributed by atoms with Crippen molar-refractivity contribution in [1.29, 1.82) is 0 Å². The van der Waals surface area contributed by atoms with Gasteiger partial charge in [0.05, 0.1) is 32.4 Å². The summed E-state index contributed by atoms with van der Waals surface area (Å²) in [6, 6.07) is 6.55. The molecule has 1 heterocycles. The highest BCUT2D eigenvalue weighted by Crippen LogP contribution is 2.42. The molecule has 3 nitrogen and oxygen atoms in total. The Labute approximate surface area is 117 Å². The predicted octanol–water partition coefficient (Wildman–Crippen LogP) is 0.933. The highest BCUT2D eigenvalue weighted by Gasteiger charge is 2.38. The molecule has 19 heavy (non-hydrogen) atoms. The number of quaternary nitrogens is 1. The van der Waals surface area contributed by atoms with E-state index in [9.17, 15) is 9.18 Å². The Bertz CT molecular complexity index is 467. The predicted molar refractivity (Wildman–Crippen MR) is 75.6 cm³/mol. The summed E-state index contributed by atoms with van der Waals surface area (Å²) in [6.07, 6.45) is 0. The minimum absolute atomic E-state index is 0.0505. The molecule has 1 saturated heterocycles. The minimum Gasteiger partial charge on any atom is -0.338 e. The van der Waals surface area contributed by atoms with E-state index < -0.39 is 0 Å². The zero-order chi connectivity index (χ0) is 14.0. The number of amides is 1. The Morgan fingerprint density at radius 1 is 1.42 bits per heavy atom. The maximum Gasteiger partial charge on any atom is 0.236 e. The maximum atomic E-state index is 13.3. The SMILES string of the molecule is C[C@@H]1S[C@@H](c2cccc(F)c2)N(CC[NH+](C)C)C1=O. The molecule has 2 atom stereocenters. The number of rotatable bonds is 4. The van der Waals surface area contributed by atoms with Crippen molar-refractivity contribution in [2.45, 2.75) is 17.5 Å². The van der Waals surface area contributed by atoms with Crippen molar-refractivity contribution in [3.8, 4) is 0 Å². The molecular weight excluding hydrogens is 263 g/mol. The van der Waals surface area contributed by atoms with Gasteiger partial charge in [-0.25, -0.2) is 4.39 Å². The fourth-order valence-electron chi connectivity index (χ4n) is 2.16. The summed E-state index contributed by atoms with van der Waals surface area (Å²) in [5.74, 6) is -0.0937. The minimum atomic E-state index is -0.247. The van der Waals surface area contributed by atoms with E-state index in [0.717, 1.165) is 12.1 Å². The number of nitrogens with one attached hydrogen (secondary N) is 1. The van der Waals surface area contributed by atoms with Crippen molar-refractivity contribution >= 4 is 17.7 Å². The van der Waals surface area contributed by atoms with Gasteiger partial charge >= 0.3 is 0 Å². The van der Waals surface area contributed by atoms with Crippen LogP contribution in [-0.2, 0) is 4.79 Å². The summed E-state index contributed by atoms with van der Waals surface area (Å²) < 4.78 is 13.3. The molecule has 0 spiro atoms. The van der Waals surface area contributed by atoms with Gasteiger partial charge in [0.1, 0.15) is 11.2 Å². The van der Waals surface area contributed by atoms with Crippen molar-refractivity contribution in [3.63, 3.8) is 0 Å². The Kier molecular flexibility index (Phi) is 4.47.